The summed E-state index contributed by atoms with van der Waals surface area (Å²) >= 11 is 6.13. The molecule has 0 aliphatic carbocycles. The van der Waals surface area contributed by atoms with Crippen LogP contribution >= 0.6 is 11.6 Å². The van der Waals surface area contributed by atoms with E-state index in [1.807, 2.05) is 47.4 Å². The van der Waals surface area contributed by atoms with E-state index in [9.17, 15) is 4.79 Å². The molecule has 6 nitrogen and oxygen atoms in total. The third kappa shape index (κ3) is 5.40. The Hall–Kier alpha value is -2.96. The minimum Gasteiger partial charge on any atom is -0.484 e. The van der Waals surface area contributed by atoms with E-state index in [2.05, 4.69) is 22.0 Å². The Labute approximate surface area is 205 Å². The summed E-state index contributed by atoms with van der Waals surface area (Å²) in [5, 5.41) is 0.644. The number of hydrogen-bond donors (Lipinski definition) is 0. The predicted molar refractivity (Wildman–Crippen MR) is 133 cm³/mol. The van der Waals surface area contributed by atoms with Crippen molar-refractivity contribution in [3.05, 3.63) is 77.1 Å². The second kappa shape index (κ2) is 10.5. The van der Waals surface area contributed by atoms with E-state index in [1.165, 1.54) is 31.5 Å². The molecule has 1 aromatic heterocycles. The van der Waals surface area contributed by atoms with Crippen LogP contribution in [0.4, 0.5) is 0 Å². The van der Waals surface area contributed by atoms with Gasteiger partial charge in [0.05, 0.1) is 11.7 Å². The zero-order chi connectivity index (χ0) is 23.3. The lowest BCUT2D eigenvalue weighted by Crippen LogP contribution is -2.34. The molecule has 2 fully saturated rings. The number of halogens is 1. The van der Waals surface area contributed by atoms with E-state index in [0.29, 0.717) is 17.4 Å². The molecule has 5 rings (SSSR count). The van der Waals surface area contributed by atoms with Crippen molar-refractivity contribution in [3.8, 4) is 17.1 Å². The molecule has 1 atom stereocenters. The lowest BCUT2D eigenvalue weighted by molar-refractivity contribution is -0.134. The van der Waals surface area contributed by atoms with Crippen molar-refractivity contribution in [2.45, 2.75) is 38.3 Å². The van der Waals surface area contributed by atoms with Crippen molar-refractivity contribution in [2.24, 2.45) is 0 Å². The van der Waals surface area contributed by atoms with E-state index < -0.39 is 0 Å². The Morgan fingerprint density at radius 2 is 1.85 bits per heavy atom. The number of amides is 1. The lowest BCUT2D eigenvalue weighted by Gasteiger charge is -2.24. The molecule has 0 saturated carbocycles. The number of ether oxygens (including phenoxy) is 1. The molecule has 2 aromatic carbocycles. The Kier molecular flexibility index (Phi) is 7.07. The van der Waals surface area contributed by atoms with Crippen molar-refractivity contribution in [1.29, 1.82) is 0 Å². The fourth-order valence-corrected chi connectivity index (χ4v) is 5.01. The minimum absolute atomic E-state index is 0.0217. The molecule has 7 heteroatoms. The van der Waals surface area contributed by atoms with Gasteiger partial charge in [0.15, 0.2) is 12.4 Å². The van der Waals surface area contributed by atoms with Crippen LogP contribution in [0, 0.1) is 0 Å². The first-order valence-electron chi connectivity index (χ1n) is 12.0. The van der Waals surface area contributed by atoms with Crippen LogP contribution in [0.2, 0.25) is 5.02 Å². The number of nitrogens with zero attached hydrogens (tertiary/aromatic N) is 4. The largest absolute Gasteiger partial charge is 0.484 e. The molecular formula is C27H29ClN4O2. The van der Waals surface area contributed by atoms with Crippen LogP contribution in [0.5, 0.6) is 5.75 Å². The highest BCUT2D eigenvalue weighted by Crippen LogP contribution is 2.32. The van der Waals surface area contributed by atoms with Crippen molar-refractivity contribution in [3.63, 3.8) is 0 Å². The average molecular weight is 477 g/mol. The lowest BCUT2D eigenvalue weighted by atomic mass is 10.1. The number of hydrogen-bond acceptors (Lipinski definition) is 5. The van der Waals surface area contributed by atoms with Gasteiger partial charge in [0, 0.05) is 29.9 Å². The summed E-state index contributed by atoms with van der Waals surface area (Å²) in [5.74, 6) is 1.32. The fraction of sp³-hybridized carbons (Fsp3) is 0.370. The quantitative estimate of drug-likeness (QED) is 0.472. The van der Waals surface area contributed by atoms with E-state index in [-0.39, 0.29) is 18.6 Å². The molecule has 2 saturated heterocycles. The van der Waals surface area contributed by atoms with Gasteiger partial charge >= 0.3 is 0 Å². The molecule has 3 heterocycles. The minimum atomic E-state index is -0.0696. The van der Waals surface area contributed by atoms with Gasteiger partial charge in [-0.25, -0.2) is 9.97 Å². The van der Waals surface area contributed by atoms with Crippen LogP contribution in [-0.2, 0) is 11.3 Å². The Balaban J connectivity index is 1.21. The Morgan fingerprint density at radius 1 is 1.03 bits per heavy atom. The molecule has 176 valence electrons. The topological polar surface area (TPSA) is 58.6 Å². The van der Waals surface area contributed by atoms with Gasteiger partial charge in [-0.1, -0.05) is 35.9 Å². The zero-order valence-corrected chi connectivity index (χ0v) is 20.0. The molecule has 0 bridgehead atoms. The normalized spacial score (nSPS) is 18.4. The summed E-state index contributed by atoms with van der Waals surface area (Å²) in [4.78, 5) is 26.5. The van der Waals surface area contributed by atoms with E-state index in [4.69, 9.17) is 21.3 Å². The first-order chi connectivity index (χ1) is 16.7. The summed E-state index contributed by atoms with van der Waals surface area (Å²) < 4.78 is 5.84. The zero-order valence-electron chi connectivity index (χ0n) is 19.2. The number of benzene rings is 2. The van der Waals surface area contributed by atoms with Gasteiger partial charge in [0.1, 0.15) is 5.75 Å². The predicted octanol–water partition coefficient (Wildman–Crippen LogP) is 5.14. The van der Waals surface area contributed by atoms with Gasteiger partial charge in [-0.3, -0.25) is 9.69 Å². The molecule has 3 aromatic rings. The fourth-order valence-electron chi connectivity index (χ4n) is 4.82. The highest BCUT2D eigenvalue weighted by Gasteiger charge is 2.31. The van der Waals surface area contributed by atoms with E-state index >= 15 is 0 Å². The first-order valence-corrected chi connectivity index (χ1v) is 12.4. The monoisotopic (exact) mass is 476 g/mol. The summed E-state index contributed by atoms with van der Waals surface area (Å²) in [6.45, 7) is 4.06. The highest BCUT2D eigenvalue weighted by molar-refractivity contribution is 6.30. The maximum Gasteiger partial charge on any atom is 0.261 e. The van der Waals surface area contributed by atoms with Gasteiger partial charge < -0.3 is 9.64 Å². The Bertz CT molecular complexity index is 1130. The number of carbonyl (C=O) groups excluding carboxylic acids is 1. The molecule has 0 unspecified atom stereocenters. The summed E-state index contributed by atoms with van der Waals surface area (Å²) in [6, 6.07) is 17.4. The molecule has 0 spiro atoms. The molecule has 0 radical (unpaired) electrons. The van der Waals surface area contributed by atoms with Crippen LogP contribution in [0.1, 0.15) is 43.0 Å². The first kappa shape index (κ1) is 22.8. The van der Waals surface area contributed by atoms with Crippen molar-refractivity contribution >= 4 is 17.5 Å². The highest BCUT2D eigenvalue weighted by atomic mass is 35.5. The second-order valence-corrected chi connectivity index (χ2v) is 9.41. The molecule has 34 heavy (non-hydrogen) atoms. The maximum absolute atomic E-state index is 13.0. The van der Waals surface area contributed by atoms with Gasteiger partial charge in [0.2, 0.25) is 0 Å². The standard InChI is InChI=1S/C27H29ClN4O2/c28-22-6-3-5-21(17-22)27-29-13-12-24(30-27)25-7-4-16-32(25)26(33)19-34-23-10-8-20(9-11-23)18-31-14-1-2-15-31/h3,5-6,8-13,17,25H,1-2,4,7,14-16,18-19H2/t25-/m1/s1. The second-order valence-electron chi connectivity index (χ2n) is 8.98. The van der Waals surface area contributed by atoms with Gasteiger partial charge in [0.25, 0.3) is 5.91 Å². The number of likely N-dealkylation sites (tertiary alicyclic amines) is 2. The van der Waals surface area contributed by atoms with Crippen LogP contribution in [0.3, 0.4) is 0 Å². The van der Waals surface area contributed by atoms with Gasteiger partial charge in [-0.05, 0) is 74.7 Å². The van der Waals surface area contributed by atoms with Crippen molar-refractivity contribution < 1.29 is 9.53 Å². The average Bonchev–Trinajstić information content (AvgIpc) is 3.56. The Morgan fingerprint density at radius 3 is 2.65 bits per heavy atom. The van der Waals surface area contributed by atoms with Crippen molar-refractivity contribution in [1.82, 2.24) is 19.8 Å². The van der Waals surface area contributed by atoms with E-state index in [1.54, 1.807) is 6.20 Å². The third-order valence-electron chi connectivity index (χ3n) is 6.57. The molecule has 2 aliphatic rings. The molecule has 2 aliphatic heterocycles. The summed E-state index contributed by atoms with van der Waals surface area (Å²) in [6.07, 6.45) is 6.15. The van der Waals surface area contributed by atoms with Crippen molar-refractivity contribution in [2.75, 3.05) is 26.2 Å². The van der Waals surface area contributed by atoms with Crippen LogP contribution in [0.15, 0.2) is 60.8 Å². The van der Waals surface area contributed by atoms with Crippen LogP contribution < -0.4 is 4.74 Å². The maximum atomic E-state index is 13.0. The van der Waals surface area contributed by atoms with Gasteiger partial charge in [-0.2, -0.15) is 0 Å². The summed E-state index contributed by atoms with van der Waals surface area (Å²) in [7, 11) is 0. The number of aromatic nitrogens is 2. The molecule has 0 N–H and O–H groups in total. The number of carbonyl (C=O) groups is 1. The van der Waals surface area contributed by atoms with Crippen LogP contribution in [0.25, 0.3) is 11.4 Å². The smallest absolute Gasteiger partial charge is 0.261 e. The third-order valence-corrected chi connectivity index (χ3v) is 6.80. The SMILES string of the molecule is O=C(COc1ccc(CN2CCCC2)cc1)N1CCC[C@@H]1c1ccnc(-c2cccc(Cl)c2)n1. The summed E-state index contributed by atoms with van der Waals surface area (Å²) in [5.41, 5.74) is 2.99. The molecule has 1 amide bonds. The van der Waals surface area contributed by atoms with Gasteiger partial charge in [-0.15, -0.1) is 0 Å². The number of rotatable bonds is 7. The van der Waals surface area contributed by atoms with Crippen LogP contribution in [-0.4, -0.2) is 51.9 Å². The van der Waals surface area contributed by atoms with E-state index in [0.717, 1.165) is 36.4 Å². The molecular weight excluding hydrogens is 448 g/mol.